The van der Waals surface area contributed by atoms with E-state index in [1.54, 1.807) is 24.3 Å². The highest BCUT2D eigenvalue weighted by Crippen LogP contribution is 2.30. The molecule has 1 aliphatic carbocycles. The van der Waals surface area contributed by atoms with Gasteiger partial charge in [-0.15, -0.1) is 6.42 Å². The largest absolute Gasteiger partial charge is 0.389 e. The second-order valence-electron chi connectivity index (χ2n) is 6.01. The van der Waals surface area contributed by atoms with Gasteiger partial charge in [0.25, 0.3) is 0 Å². The number of anilines is 1. The second-order valence-corrected chi connectivity index (χ2v) is 6.01. The molecule has 2 amide bonds. The molecule has 1 aromatic carbocycles. The van der Waals surface area contributed by atoms with E-state index in [1.165, 1.54) is 0 Å². The molecule has 2 rings (SSSR count). The van der Waals surface area contributed by atoms with Crippen LogP contribution in [-0.2, 0) is 9.59 Å². The Morgan fingerprint density at radius 2 is 1.96 bits per heavy atom. The highest BCUT2D eigenvalue weighted by atomic mass is 16.3. The monoisotopic (exact) mass is 314 g/mol. The maximum Gasteiger partial charge on any atom is 0.243 e. The third kappa shape index (κ3) is 5.42. The molecule has 0 aliphatic heterocycles. The molecular formula is C18H22N2O3. The average molecular weight is 314 g/mol. The molecule has 1 fully saturated rings. The van der Waals surface area contributed by atoms with Crippen molar-refractivity contribution < 1.29 is 14.7 Å². The lowest BCUT2D eigenvalue weighted by molar-refractivity contribution is -0.129. The van der Waals surface area contributed by atoms with Crippen molar-refractivity contribution in [1.82, 2.24) is 5.32 Å². The van der Waals surface area contributed by atoms with Crippen molar-refractivity contribution in [2.24, 2.45) is 0 Å². The average Bonchev–Trinajstić information content (AvgIpc) is 2.53. The number of benzene rings is 1. The van der Waals surface area contributed by atoms with Crippen LogP contribution in [0.25, 0.3) is 0 Å². The van der Waals surface area contributed by atoms with Gasteiger partial charge in [-0.1, -0.05) is 31.2 Å². The topological polar surface area (TPSA) is 78.4 Å². The summed E-state index contributed by atoms with van der Waals surface area (Å²) in [6, 6.07) is 6.93. The van der Waals surface area contributed by atoms with Gasteiger partial charge in [-0.3, -0.25) is 9.59 Å². The highest BCUT2D eigenvalue weighted by molar-refractivity contribution is 5.94. The van der Waals surface area contributed by atoms with Gasteiger partial charge in [-0.05, 0) is 31.0 Å². The van der Waals surface area contributed by atoms with Gasteiger partial charge in [0.05, 0.1) is 18.6 Å². The van der Waals surface area contributed by atoms with E-state index in [4.69, 9.17) is 6.42 Å². The van der Waals surface area contributed by atoms with E-state index in [2.05, 4.69) is 16.6 Å². The Kier molecular flexibility index (Phi) is 5.78. The number of amides is 2. The molecule has 0 radical (unpaired) electrons. The Balaban J connectivity index is 1.77. The van der Waals surface area contributed by atoms with Gasteiger partial charge in [0.1, 0.15) is 0 Å². The van der Waals surface area contributed by atoms with Gasteiger partial charge in [0.15, 0.2) is 0 Å². The van der Waals surface area contributed by atoms with Gasteiger partial charge >= 0.3 is 0 Å². The first kappa shape index (κ1) is 17.0. The number of nitrogens with one attached hydrogen (secondary N) is 2. The van der Waals surface area contributed by atoms with Crippen LogP contribution in [-0.4, -0.2) is 29.1 Å². The summed E-state index contributed by atoms with van der Waals surface area (Å²) in [5, 5.41) is 15.5. The number of rotatable bonds is 5. The van der Waals surface area contributed by atoms with E-state index in [1.807, 2.05) is 0 Å². The Bertz CT molecular complexity index is 613. The Labute approximate surface area is 136 Å². The first-order valence-corrected chi connectivity index (χ1v) is 7.86. The Hall–Kier alpha value is -2.32. The van der Waals surface area contributed by atoms with Crippen LogP contribution in [0, 0.1) is 12.3 Å². The fourth-order valence-electron chi connectivity index (χ4n) is 2.82. The SMILES string of the molecule is C#Cc1cccc(NC(=O)CNC(=O)CC2(O)CCCCC2)c1. The molecule has 0 bridgehead atoms. The minimum Gasteiger partial charge on any atom is -0.389 e. The normalized spacial score (nSPS) is 16.2. The van der Waals surface area contributed by atoms with Crippen molar-refractivity contribution in [2.75, 3.05) is 11.9 Å². The number of carbonyl (C=O) groups excluding carboxylic acids is 2. The van der Waals surface area contributed by atoms with Crippen LogP contribution in [0.1, 0.15) is 44.1 Å². The summed E-state index contributed by atoms with van der Waals surface area (Å²) < 4.78 is 0. The summed E-state index contributed by atoms with van der Waals surface area (Å²) in [6.07, 6.45) is 9.62. The zero-order valence-electron chi connectivity index (χ0n) is 13.1. The molecule has 1 aliphatic rings. The van der Waals surface area contributed by atoms with Crippen LogP contribution < -0.4 is 10.6 Å². The van der Waals surface area contributed by atoms with Crippen LogP contribution in [0.3, 0.4) is 0 Å². The molecule has 0 aromatic heterocycles. The van der Waals surface area contributed by atoms with E-state index < -0.39 is 5.60 Å². The fourth-order valence-corrected chi connectivity index (χ4v) is 2.82. The molecule has 23 heavy (non-hydrogen) atoms. The maximum absolute atomic E-state index is 11.9. The number of carbonyl (C=O) groups is 2. The van der Waals surface area contributed by atoms with Crippen LogP contribution in [0.15, 0.2) is 24.3 Å². The van der Waals surface area contributed by atoms with Crippen molar-refractivity contribution >= 4 is 17.5 Å². The van der Waals surface area contributed by atoms with Crippen LogP contribution in [0.2, 0.25) is 0 Å². The van der Waals surface area contributed by atoms with E-state index >= 15 is 0 Å². The number of terminal acetylenes is 1. The molecule has 0 atom stereocenters. The summed E-state index contributed by atoms with van der Waals surface area (Å²) in [4.78, 5) is 23.7. The van der Waals surface area contributed by atoms with Crippen molar-refractivity contribution in [1.29, 1.82) is 0 Å². The van der Waals surface area contributed by atoms with E-state index in [0.717, 1.165) is 19.3 Å². The third-order valence-electron chi connectivity index (χ3n) is 4.03. The lowest BCUT2D eigenvalue weighted by Crippen LogP contribution is -2.40. The summed E-state index contributed by atoms with van der Waals surface area (Å²) in [5.41, 5.74) is 0.344. The molecule has 3 N–H and O–H groups in total. The smallest absolute Gasteiger partial charge is 0.243 e. The Morgan fingerprint density at radius 1 is 1.22 bits per heavy atom. The molecule has 0 unspecified atom stereocenters. The highest BCUT2D eigenvalue weighted by Gasteiger charge is 2.31. The first-order chi connectivity index (χ1) is 11.0. The maximum atomic E-state index is 11.9. The number of aliphatic hydroxyl groups is 1. The molecule has 5 heteroatoms. The first-order valence-electron chi connectivity index (χ1n) is 7.86. The standard InChI is InChI=1S/C18H22N2O3/c1-2-14-7-6-8-15(11-14)20-17(22)13-19-16(21)12-18(23)9-4-3-5-10-18/h1,6-8,11,23H,3-5,9-10,12-13H2,(H,19,21)(H,20,22). The van der Waals surface area contributed by atoms with Crippen LogP contribution in [0.4, 0.5) is 5.69 Å². The molecule has 1 aromatic rings. The summed E-state index contributed by atoms with van der Waals surface area (Å²) in [7, 11) is 0. The fraction of sp³-hybridized carbons (Fsp3) is 0.444. The minimum atomic E-state index is -0.917. The predicted molar refractivity (Wildman–Crippen MR) is 88.7 cm³/mol. The molecule has 0 saturated heterocycles. The lowest BCUT2D eigenvalue weighted by atomic mass is 9.82. The minimum absolute atomic E-state index is 0.0485. The zero-order chi connectivity index (χ0) is 16.7. The predicted octanol–water partition coefficient (Wildman–Crippen LogP) is 1.81. The van der Waals surface area contributed by atoms with Gasteiger partial charge in [0.2, 0.25) is 11.8 Å². The van der Waals surface area contributed by atoms with Crippen molar-refractivity contribution in [3.05, 3.63) is 29.8 Å². The molecule has 122 valence electrons. The molecule has 0 heterocycles. The van der Waals surface area contributed by atoms with Gasteiger partial charge < -0.3 is 15.7 Å². The molecular weight excluding hydrogens is 292 g/mol. The summed E-state index contributed by atoms with van der Waals surface area (Å²) >= 11 is 0. The van der Waals surface area contributed by atoms with Crippen LogP contribution in [0.5, 0.6) is 0 Å². The second kappa shape index (κ2) is 7.80. The molecule has 5 nitrogen and oxygen atoms in total. The molecule has 1 saturated carbocycles. The van der Waals surface area contributed by atoms with Crippen molar-refractivity contribution in [3.63, 3.8) is 0 Å². The summed E-state index contributed by atoms with van der Waals surface area (Å²) in [6.45, 7) is -0.130. The van der Waals surface area contributed by atoms with E-state index in [9.17, 15) is 14.7 Å². The third-order valence-corrected chi connectivity index (χ3v) is 4.03. The van der Waals surface area contributed by atoms with E-state index in [0.29, 0.717) is 24.1 Å². The van der Waals surface area contributed by atoms with Gasteiger partial charge in [-0.25, -0.2) is 0 Å². The van der Waals surface area contributed by atoms with Crippen molar-refractivity contribution in [2.45, 2.75) is 44.1 Å². The van der Waals surface area contributed by atoms with Crippen LogP contribution >= 0.6 is 0 Å². The summed E-state index contributed by atoms with van der Waals surface area (Å²) in [5.74, 6) is 1.86. The molecule has 0 spiro atoms. The number of hydrogen-bond donors (Lipinski definition) is 3. The van der Waals surface area contributed by atoms with Gasteiger partial charge in [0, 0.05) is 11.3 Å². The quantitative estimate of drug-likeness (QED) is 0.725. The lowest BCUT2D eigenvalue weighted by Gasteiger charge is -2.31. The number of hydrogen-bond acceptors (Lipinski definition) is 3. The van der Waals surface area contributed by atoms with Gasteiger partial charge in [-0.2, -0.15) is 0 Å². The van der Waals surface area contributed by atoms with Crippen molar-refractivity contribution in [3.8, 4) is 12.3 Å². The van der Waals surface area contributed by atoms with E-state index in [-0.39, 0.29) is 24.8 Å². The zero-order valence-corrected chi connectivity index (χ0v) is 13.1. The Morgan fingerprint density at radius 3 is 2.65 bits per heavy atom.